The van der Waals surface area contributed by atoms with Gasteiger partial charge in [0.15, 0.2) is 0 Å². The van der Waals surface area contributed by atoms with E-state index < -0.39 is 6.36 Å². The number of hydrogen-bond acceptors (Lipinski definition) is 2. The lowest BCUT2D eigenvalue weighted by Gasteiger charge is -2.19. The number of alkyl halides is 3. The third-order valence-corrected chi connectivity index (χ3v) is 3.18. The first-order valence-electron chi connectivity index (χ1n) is 6.58. The summed E-state index contributed by atoms with van der Waals surface area (Å²) in [5, 5.41) is 3.45. The minimum atomic E-state index is -4.63. The van der Waals surface area contributed by atoms with Gasteiger partial charge in [0.1, 0.15) is 5.75 Å². The molecule has 106 valence electrons. The van der Waals surface area contributed by atoms with Gasteiger partial charge in [0.2, 0.25) is 0 Å². The van der Waals surface area contributed by atoms with Crippen LogP contribution in [0.25, 0.3) is 0 Å². The van der Waals surface area contributed by atoms with E-state index in [2.05, 4.69) is 17.0 Å². The second kappa shape index (κ2) is 5.82. The van der Waals surface area contributed by atoms with Crippen molar-refractivity contribution in [1.82, 2.24) is 5.32 Å². The molecule has 0 bridgehead atoms. The Bertz CT molecular complexity index is 398. The van der Waals surface area contributed by atoms with Gasteiger partial charge in [-0.15, -0.1) is 13.2 Å². The lowest BCUT2D eigenvalue weighted by atomic mass is 10.0. The van der Waals surface area contributed by atoms with E-state index in [9.17, 15) is 13.2 Å². The molecular formula is C14H18F3NO. The zero-order valence-electron chi connectivity index (χ0n) is 10.8. The minimum Gasteiger partial charge on any atom is -0.406 e. The van der Waals surface area contributed by atoms with Crippen molar-refractivity contribution in [3.8, 4) is 5.75 Å². The Morgan fingerprint density at radius 1 is 1.26 bits per heavy atom. The number of benzene rings is 1. The fourth-order valence-corrected chi connectivity index (χ4v) is 2.16. The SMILES string of the molecule is CCCNC(c1ccc(OC(F)(F)F)cc1)C1CC1. The van der Waals surface area contributed by atoms with E-state index in [1.54, 1.807) is 12.1 Å². The van der Waals surface area contributed by atoms with Gasteiger partial charge in [0, 0.05) is 6.04 Å². The highest BCUT2D eigenvalue weighted by Gasteiger charge is 2.33. The molecule has 2 nitrogen and oxygen atoms in total. The molecule has 19 heavy (non-hydrogen) atoms. The molecule has 1 atom stereocenters. The molecule has 0 heterocycles. The molecule has 1 N–H and O–H groups in total. The first-order chi connectivity index (χ1) is 8.99. The normalized spacial score (nSPS) is 17.3. The molecule has 1 aliphatic rings. The molecule has 0 spiro atoms. The molecule has 1 fully saturated rings. The highest BCUT2D eigenvalue weighted by molar-refractivity contribution is 5.30. The summed E-state index contributed by atoms with van der Waals surface area (Å²) in [7, 11) is 0. The highest BCUT2D eigenvalue weighted by Crippen LogP contribution is 2.41. The highest BCUT2D eigenvalue weighted by atomic mass is 19.4. The Morgan fingerprint density at radius 3 is 2.37 bits per heavy atom. The molecule has 1 unspecified atom stereocenters. The third-order valence-electron chi connectivity index (χ3n) is 3.18. The molecule has 0 radical (unpaired) electrons. The van der Waals surface area contributed by atoms with E-state index in [-0.39, 0.29) is 11.8 Å². The molecule has 2 rings (SSSR count). The van der Waals surface area contributed by atoms with E-state index in [0.29, 0.717) is 5.92 Å². The Hall–Kier alpha value is -1.23. The van der Waals surface area contributed by atoms with Crippen molar-refractivity contribution < 1.29 is 17.9 Å². The Balaban J connectivity index is 2.03. The van der Waals surface area contributed by atoms with Gasteiger partial charge >= 0.3 is 6.36 Å². The molecule has 1 aromatic rings. The molecule has 0 aromatic heterocycles. The van der Waals surface area contributed by atoms with E-state index in [1.165, 1.54) is 25.0 Å². The van der Waals surface area contributed by atoms with E-state index >= 15 is 0 Å². The average Bonchev–Trinajstić information content (AvgIpc) is 3.14. The van der Waals surface area contributed by atoms with Gasteiger partial charge in [-0.1, -0.05) is 19.1 Å². The number of halogens is 3. The number of ether oxygens (including phenoxy) is 1. The number of rotatable bonds is 6. The van der Waals surface area contributed by atoms with Crippen LogP contribution in [0.1, 0.15) is 37.8 Å². The number of hydrogen-bond donors (Lipinski definition) is 1. The predicted octanol–water partition coefficient (Wildman–Crippen LogP) is 4.04. The summed E-state index contributed by atoms with van der Waals surface area (Å²) < 4.78 is 40.1. The molecular weight excluding hydrogens is 255 g/mol. The van der Waals surface area contributed by atoms with Crippen LogP contribution in [0.15, 0.2) is 24.3 Å². The molecule has 1 aromatic carbocycles. The molecule has 0 aliphatic heterocycles. The molecule has 0 amide bonds. The summed E-state index contributed by atoms with van der Waals surface area (Å²) in [6, 6.07) is 6.44. The minimum absolute atomic E-state index is 0.165. The lowest BCUT2D eigenvalue weighted by Crippen LogP contribution is -2.23. The van der Waals surface area contributed by atoms with Crippen LogP contribution in [0.5, 0.6) is 5.75 Å². The summed E-state index contributed by atoms with van der Waals surface area (Å²) in [5.41, 5.74) is 1.03. The largest absolute Gasteiger partial charge is 0.573 e. The van der Waals surface area contributed by atoms with Gasteiger partial charge < -0.3 is 10.1 Å². The maximum absolute atomic E-state index is 12.1. The van der Waals surface area contributed by atoms with E-state index in [1.807, 2.05) is 0 Å². The van der Waals surface area contributed by atoms with Crippen molar-refractivity contribution in [2.75, 3.05) is 6.54 Å². The van der Waals surface area contributed by atoms with Crippen molar-refractivity contribution in [3.63, 3.8) is 0 Å². The fourth-order valence-electron chi connectivity index (χ4n) is 2.16. The van der Waals surface area contributed by atoms with Gasteiger partial charge in [-0.25, -0.2) is 0 Å². The van der Waals surface area contributed by atoms with Gasteiger partial charge in [-0.2, -0.15) is 0 Å². The predicted molar refractivity (Wildman–Crippen MR) is 66.9 cm³/mol. The topological polar surface area (TPSA) is 21.3 Å². The maximum Gasteiger partial charge on any atom is 0.573 e. The van der Waals surface area contributed by atoms with Crippen molar-refractivity contribution in [2.45, 2.75) is 38.6 Å². The van der Waals surface area contributed by atoms with Crippen molar-refractivity contribution in [2.24, 2.45) is 5.92 Å². The van der Waals surface area contributed by atoms with Crippen LogP contribution in [0.3, 0.4) is 0 Å². The molecule has 1 saturated carbocycles. The average molecular weight is 273 g/mol. The zero-order chi connectivity index (χ0) is 13.9. The zero-order valence-corrected chi connectivity index (χ0v) is 10.8. The van der Waals surface area contributed by atoms with Crippen molar-refractivity contribution in [3.05, 3.63) is 29.8 Å². The first-order valence-corrected chi connectivity index (χ1v) is 6.58. The van der Waals surface area contributed by atoms with Gasteiger partial charge in [0.05, 0.1) is 0 Å². The van der Waals surface area contributed by atoms with Crippen molar-refractivity contribution >= 4 is 0 Å². The van der Waals surface area contributed by atoms with Crippen LogP contribution in [-0.4, -0.2) is 12.9 Å². The Labute approximate surface area is 111 Å². The van der Waals surface area contributed by atoms with Crippen molar-refractivity contribution in [1.29, 1.82) is 0 Å². The Kier molecular flexibility index (Phi) is 4.34. The number of nitrogens with one attached hydrogen (secondary N) is 1. The summed E-state index contributed by atoms with van der Waals surface area (Å²) >= 11 is 0. The lowest BCUT2D eigenvalue weighted by molar-refractivity contribution is -0.274. The second-order valence-corrected chi connectivity index (χ2v) is 4.89. The summed E-state index contributed by atoms with van der Waals surface area (Å²) in [6.45, 7) is 3.01. The maximum atomic E-state index is 12.1. The van der Waals surface area contributed by atoms with Crippen LogP contribution in [0, 0.1) is 5.92 Å². The van der Waals surface area contributed by atoms with E-state index in [4.69, 9.17) is 0 Å². The summed E-state index contributed by atoms with van der Waals surface area (Å²) in [4.78, 5) is 0. The third kappa shape index (κ3) is 4.42. The molecule has 5 heteroatoms. The Morgan fingerprint density at radius 2 is 1.89 bits per heavy atom. The van der Waals surface area contributed by atoms with Gasteiger partial charge in [0.25, 0.3) is 0 Å². The monoisotopic (exact) mass is 273 g/mol. The standard InChI is InChI=1S/C14H18F3NO/c1-2-9-18-13(10-3-4-10)11-5-7-12(8-6-11)19-14(15,16)17/h5-8,10,13,18H,2-4,9H2,1H3. The quantitative estimate of drug-likeness (QED) is 0.844. The van der Waals surface area contributed by atoms with Crippen LogP contribution in [0.2, 0.25) is 0 Å². The molecule has 0 saturated heterocycles. The second-order valence-electron chi connectivity index (χ2n) is 4.89. The van der Waals surface area contributed by atoms with Crippen LogP contribution < -0.4 is 10.1 Å². The van der Waals surface area contributed by atoms with E-state index in [0.717, 1.165) is 18.5 Å². The van der Waals surface area contributed by atoms with Gasteiger partial charge in [-0.05, 0) is 49.4 Å². The summed E-state index contributed by atoms with van der Waals surface area (Å²) in [6.07, 6.45) is -1.22. The summed E-state index contributed by atoms with van der Waals surface area (Å²) in [5.74, 6) is 0.447. The smallest absolute Gasteiger partial charge is 0.406 e. The van der Waals surface area contributed by atoms with Crippen LogP contribution in [0.4, 0.5) is 13.2 Å². The van der Waals surface area contributed by atoms with Crippen LogP contribution >= 0.6 is 0 Å². The molecule has 1 aliphatic carbocycles. The van der Waals surface area contributed by atoms with Crippen LogP contribution in [-0.2, 0) is 0 Å². The first kappa shape index (κ1) is 14.2. The fraction of sp³-hybridized carbons (Fsp3) is 0.571. The van der Waals surface area contributed by atoms with Gasteiger partial charge in [-0.3, -0.25) is 0 Å².